The monoisotopic (exact) mass is 683 g/mol. The number of anilines is 3. The molecule has 2 aliphatic carbocycles. The van der Waals surface area contributed by atoms with Crippen LogP contribution < -0.4 is 4.90 Å². The van der Waals surface area contributed by atoms with E-state index in [2.05, 4.69) is 192 Å². The number of benzene rings is 8. The summed E-state index contributed by atoms with van der Waals surface area (Å²) < 4.78 is 0. The molecule has 53 heavy (non-hydrogen) atoms. The zero-order valence-electron chi connectivity index (χ0n) is 31.6. The van der Waals surface area contributed by atoms with Crippen LogP contribution in [0, 0.1) is 6.92 Å². The Labute approximate surface area is 313 Å². The van der Waals surface area contributed by atoms with Crippen LogP contribution in [0.3, 0.4) is 0 Å². The summed E-state index contributed by atoms with van der Waals surface area (Å²) in [6.07, 6.45) is 1.75. The first-order valence-electron chi connectivity index (χ1n) is 18.9. The molecule has 1 heteroatoms. The molecule has 0 heterocycles. The topological polar surface area (TPSA) is 3.24 Å². The molecule has 258 valence electrons. The molecule has 0 saturated heterocycles. The van der Waals surface area contributed by atoms with Crippen molar-refractivity contribution in [1.82, 2.24) is 0 Å². The van der Waals surface area contributed by atoms with Crippen LogP contribution in [0.25, 0.3) is 54.6 Å². The van der Waals surface area contributed by atoms with Gasteiger partial charge in [-0.05, 0) is 122 Å². The number of rotatable bonds is 3. The molecule has 0 aliphatic heterocycles. The molecule has 0 amide bonds. The maximum absolute atomic E-state index is 3.36. The molecule has 0 fully saturated rings. The highest BCUT2D eigenvalue weighted by Gasteiger charge is 2.43. The molecular formula is C52H45N. The lowest BCUT2D eigenvalue weighted by atomic mass is 9.79. The van der Waals surface area contributed by atoms with Crippen molar-refractivity contribution in [1.29, 1.82) is 0 Å². The van der Waals surface area contributed by atoms with Crippen molar-refractivity contribution >= 4 is 49.4 Å². The molecule has 0 saturated carbocycles. The molecular weight excluding hydrogens is 639 g/mol. The van der Waals surface area contributed by atoms with Crippen molar-refractivity contribution in [3.8, 4) is 22.3 Å². The predicted molar refractivity (Wildman–Crippen MR) is 229 cm³/mol. The van der Waals surface area contributed by atoms with Crippen molar-refractivity contribution < 1.29 is 0 Å². The highest BCUT2D eigenvalue weighted by Crippen LogP contribution is 2.60. The molecule has 0 N–H and O–H groups in total. The summed E-state index contributed by atoms with van der Waals surface area (Å²) in [6, 6.07) is 54.4. The first kappa shape index (κ1) is 33.0. The second kappa shape index (κ2) is 12.1. The van der Waals surface area contributed by atoms with Crippen molar-refractivity contribution in [3.05, 3.63) is 186 Å². The zero-order chi connectivity index (χ0) is 36.6. The van der Waals surface area contributed by atoms with Crippen LogP contribution in [-0.2, 0) is 10.8 Å². The first-order chi connectivity index (χ1) is 25.7. The second-order valence-electron chi connectivity index (χ2n) is 15.8. The third-order valence-corrected chi connectivity index (χ3v) is 11.9. The van der Waals surface area contributed by atoms with E-state index in [1.165, 1.54) is 93.8 Å². The van der Waals surface area contributed by atoms with E-state index in [1.807, 2.05) is 6.92 Å². The fourth-order valence-electron chi connectivity index (χ4n) is 9.39. The Morgan fingerprint density at radius 2 is 0.943 bits per heavy atom. The average Bonchev–Trinajstić information content (AvgIpc) is 3.54. The summed E-state index contributed by atoms with van der Waals surface area (Å²) in [6.45, 7) is 17.2. The maximum atomic E-state index is 3.36. The van der Waals surface area contributed by atoms with Gasteiger partial charge in [-0.25, -0.2) is 0 Å². The fraction of sp³-hybridized carbons (Fsp3) is 0.154. The number of aryl methyl sites for hydroxylation is 1. The summed E-state index contributed by atoms with van der Waals surface area (Å²) >= 11 is 0. The van der Waals surface area contributed by atoms with Crippen molar-refractivity contribution in [3.63, 3.8) is 0 Å². The SMILES string of the molecule is C=CC.Cc1cc2c(c3ccccc13)-c1cc3c(cc1C2(C)C)-c1c(cc(N(c2ccccc2)c2cccc4ccccc24)c2ccccc12)C3(C)C. The molecule has 0 atom stereocenters. The van der Waals surface area contributed by atoms with Gasteiger partial charge in [0.1, 0.15) is 0 Å². The van der Waals surface area contributed by atoms with E-state index in [-0.39, 0.29) is 10.8 Å². The highest BCUT2D eigenvalue weighted by molar-refractivity contribution is 6.13. The van der Waals surface area contributed by atoms with Gasteiger partial charge in [0.15, 0.2) is 0 Å². The van der Waals surface area contributed by atoms with E-state index >= 15 is 0 Å². The third kappa shape index (κ3) is 4.76. The van der Waals surface area contributed by atoms with E-state index in [0.717, 1.165) is 5.69 Å². The van der Waals surface area contributed by atoms with Gasteiger partial charge in [0, 0.05) is 27.3 Å². The van der Waals surface area contributed by atoms with Gasteiger partial charge in [-0.15, -0.1) is 6.58 Å². The predicted octanol–water partition coefficient (Wildman–Crippen LogP) is 14.7. The van der Waals surface area contributed by atoms with Gasteiger partial charge >= 0.3 is 0 Å². The van der Waals surface area contributed by atoms with Crippen LogP contribution in [0.4, 0.5) is 17.1 Å². The standard InChI is InChI=1S/C49H39N.C3H6/c1-30-26-42-46(36-23-13-11-20-33(30)36)38-27-41-39(28-40(38)48(42,2)3)47-37-24-14-12-22-35(37)45(29-43(47)49(41,4)5)50(32-18-7-6-8-19-32)44-25-15-17-31-16-9-10-21-34(31)44;1-3-2/h6-29H,1-5H3;3H,1H2,2H3. The number of hydrogen-bond acceptors (Lipinski definition) is 1. The molecule has 10 rings (SSSR count). The van der Waals surface area contributed by atoms with E-state index in [0.29, 0.717) is 0 Å². The van der Waals surface area contributed by atoms with Gasteiger partial charge in [-0.2, -0.15) is 0 Å². The van der Waals surface area contributed by atoms with Gasteiger partial charge in [0.05, 0.1) is 11.4 Å². The van der Waals surface area contributed by atoms with E-state index in [4.69, 9.17) is 0 Å². The summed E-state index contributed by atoms with van der Waals surface area (Å²) in [7, 11) is 0. The Bertz CT molecular complexity index is 2760. The van der Waals surface area contributed by atoms with E-state index in [1.54, 1.807) is 6.08 Å². The normalized spacial score (nSPS) is 14.2. The van der Waals surface area contributed by atoms with Gasteiger partial charge in [0.2, 0.25) is 0 Å². The molecule has 1 nitrogen and oxygen atoms in total. The van der Waals surface area contributed by atoms with Gasteiger partial charge in [-0.1, -0.05) is 143 Å². The summed E-state index contributed by atoms with van der Waals surface area (Å²) in [5.74, 6) is 0. The number of hydrogen-bond donors (Lipinski definition) is 0. The van der Waals surface area contributed by atoms with Crippen LogP contribution in [-0.4, -0.2) is 0 Å². The minimum absolute atomic E-state index is 0.102. The third-order valence-electron chi connectivity index (χ3n) is 11.9. The van der Waals surface area contributed by atoms with Crippen LogP contribution in [0.2, 0.25) is 0 Å². The Morgan fingerprint density at radius 3 is 1.57 bits per heavy atom. The van der Waals surface area contributed by atoms with Crippen molar-refractivity contribution in [2.45, 2.75) is 52.4 Å². The van der Waals surface area contributed by atoms with Crippen LogP contribution in [0.1, 0.15) is 62.4 Å². The Morgan fingerprint density at radius 1 is 0.472 bits per heavy atom. The maximum Gasteiger partial charge on any atom is 0.0543 e. The zero-order valence-corrected chi connectivity index (χ0v) is 31.6. The minimum Gasteiger partial charge on any atom is -0.309 e. The van der Waals surface area contributed by atoms with E-state index < -0.39 is 0 Å². The smallest absolute Gasteiger partial charge is 0.0543 e. The average molecular weight is 684 g/mol. The lowest BCUT2D eigenvalue weighted by Gasteiger charge is -2.30. The van der Waals surface area contributed by atoms with E-state index in [9.17, 15) is 0 Å². The molecule has 0 spiro atoms. The number of fused-ring (bicyclic) bond motifs is 11. The molecule has 0 bridgehead atoms. The van der Waals surface area contributed by atoms with Crippen LogP contribution in [0.5, 0.6) is 0 Å². The second-order valence-corrected chi connectivity index (χ2v) is 15.8. The molecule has 0 aromatic heterocycles. The Balaban J connectivity index is 0.00000120. The largest absolute Gasteiger partial charge is 0.309 e. The van der Waals surface area contributed by atoms with Gasteiger partial charge in [0.25, 0.3) is 0 Å². The Hall–Kier alpha value is -5.92. The van der Waals surface area contributed by atoms with Crippen molar-refractivity contribution in [2.24, 2.45) is 0 Å². The molecule has 8 aromatic carbocycles. The van der Waals surface area contributed by atoms with Crippen LogP contribution in [0.15, 0.2) is 158 Å². The Kier molecular flexibility index (Phi) is 7.50. The molecule has 8 aromatic rings. The number of para-hydroxylation sites is 1. The fourth-order valence-corrected chi connectivity index (χ4v) is 9.39. The first-order valence-corrected chi connectivity index (χ1v) is 18.9. The quantitative estimate of drug-likeness (QED) is 0.168. The lowest BCUT2D eigenvalue weighted by molar-refractivity contribution is 0.652. The van der Waals surface area contributed by atoms with Gasteiger partial charge < -0.3 is 4.90 Å². The van der Waals surface area contributed by atoms with Gasteiger partial charge in [-0.3, -0.25) is 0 Å². The molecule has 2 aliphatic rings. The highest BCUT2D eigenvalue weighted by atomic mass is 15.1. The van der Waals surface area contributed by atoms with Crippen LogP contribution >= 0.6 is 0 Å². The summed E-state index contributed by atoms with van der Waals surface area (Å²) in [4.78, 5) is 2.48. The lowest BCUT2D eigenvalue weighted by Crippen LogP contribution is -2.18. The number of nitrogens with zero attached hydrogens (tertiary/aromatic N) is 1. The molecule has 0 radical (unpaired) electrons. The summed E-state index contributed by atoms with van der Waals surface area (Å²) in [5.41, 5.74) is 15.8. The van der Waals surface area contributed by atoms with Crippen molar-refractivity contribution in [2.75, 3.05) is 4.90 Å². The minimum atomic E-state index is -0.201. The number of allylic oxidation sites excluding steroid dienone is 1. The molecule has 0 unspecified atom stereocenters. The summed E-state index contributed by atoms with van der Waals surface area (Å²) in [5, 5.41) is 7.76.